The molecule has 0 N–H and O–H groups in total. The summed E-state index contributed by atoms with van der Waals surface area (Å²) in [6.45, 7) is 3.64. The number of carboxylic acid groups (broad SMARTS) is 1. The van der Waals surface area contributed by atoms with Crippen molar-refractivity contribution in [2.24, 2.45) is 5.92 Å². The number of aromatic carboxylic acids is 1. The van der Waals surface area contributed by atoms with E-state index in [1.807, 2.05) is 9.80 Å². The summed E-state index contributed by atoms with van der Waals surface area (Å²) < 4.78 is 5.05. The molecule has 0 radical (unpaired) electrons. The van der Waals surface area contributed by atoms with Gasteiger partial charge in [0.25, 0.3) is 0 Å². The Kier molecular flexibility index (Phi) is 5.46. The van der Waals surface area contributed by atoms with Crippen molar-refractivity contribution >= 4 is 17.6 Å². The third kappa shape index (κ3) is 3.43. The number of anilines is 1. The third-order valence-electron chi connectivity index (χ3n) is 3.90. The molecule has 0 unspecified atom stereocenters. The van der Waals surface area contributed by atoms with Gasteiger partial charge in [-0.3, -0.25) is 9.78 Å². The van der Waals surface area contributed by atoms with Crippen LogP contribution in [0.3, 0.4) is 0 Å². The Bertz CT molecular complexity index is 557. The zero-order chi connectivity index (χ0) is 14.8. The fourth-order valence-corrected chi connectivity index (χ4v) is 2.53. The maximum atomic E-state index is 12.1. The first-order valence-electron chi connectivity index (χ1n) is 6.93. The van der Waals surface area contributed by atoms with Gasteiger partial charge in [0.05, 0.1) is 37.0 Å². The number of ether oxygens (including phenoxy) is 1. The van der Waals surface area contributed by atoms with Crippen molar-refractivity contribution < 1.29 is 38.3 Å². The number of piperazine rings is 1. The summed E-state index contributed by atoms with van der Waals surface area (Å²) in [5.41, 5.74) is 0.813. The van der Waals surface area contributed by atoms with Gasteiger partial charge in [0, 0.05) is 37.9 Å². The molecule has 0 aromatic carbocycles. The van der Waals surface area contributed by atoms with Gasteiger partial charge in [-0.2, -0.15) is 0 Å². The van der Waals surface area contributed by atoms with Crippen LogP contribution >= 0.6 is 0 Å². The van der Waals surface area contributed by atoms with Gasteiger partial charge in [-0.25, -0.2) is 0 Å². The van der Waals surface area contributed by atoms with E-state index < -0.39 is 5.97 Å². The Labute approximate surface area is 140 Å². The summed E-state index contributed by atoms with van der Waals surface area (Å²) in [4.78, 5) is 30.8. The second-order valence-electron chi connectivity index (χ2n) is 5.27. The van der Waals surface area contributed by atoms with Crippen LogP contribution in [-0.4, -0.2) is 61.2 Å². The average Bonchev–Trinajstić information content (AvgIpc) is 2.46. The molecule has 0 saturated carbocycles. The molecule has 2 aliphatic rings. The molecule has 1 amide bonds. The normalized spacial score (nSPS) is 18.4. The molecule has 0 aliphatic carbocycles. The van der Waals surface area contributed by atoms with Crippen molar-refractivity contribution in [2.75, 3.05) is 44.3 Å². The van der Waals surface area contributed by atoms with Crippen molar-refractivity contribution in [3.63, 3.8) is 0 Å². The van der Waals surface area contributed by atoms with E-state index in [9.17, 15) is 14.7 Å². The number of nitrogens with zero attached hydrogens (tertiary/aromatic N) is 3. The number of hydrogen-bond acceptors (Lipinski definition) is 6. The molecule has 3 heterocycles. The minimum atomic E-state index is -1.23. The minimum absolute atomic E-state index is 0. The molecule has 2 aliphatic heterocycles. The molecule has 1 aromatic rings. The number of carbonyl (C=O) groups excluding carboxylic acids is 2. The van der Waals surface area contributed by atoms with E-state index in [2.05, 4.69) is 4.98 Å². The van der Waals surface area contributed by atoms with Crippen molar-refractivity contribution in [2.45, 2.75) is 0 Å². The number of pyridine rings is 1. The molecule has 3 rings (SSSR count). The van der Waals surface area contributed by atoms with Gasteiger partial charge >= 0.3 is 18.9 Å². The van der Waals surface area contributed by atoms with Crippen molar-refractivity contribution in [1.82, 2.24) is 9.88 Å². The van der Waals surface area contributed by atoms with Gasteiger partial charge in [0.1, 0.15) is 0 Å². The van der Waals surface area contributed by atoms with Crippen LogP contribution in [0.5, 0.6) is 0 Å². The van der Waals surface area contributed by atoms with E-state index in [0.29, 0.717) is 39.4 Å². The van der Waals surface area contributed by atoms with E-state index in [4.69, 9.17) is 4.74 Å². The van der Waals surface area contributed by atoms with Crippen LogP contribution in [0.25, 0.3) is 0 Å². The molecular formula is C14H16LiN3O4. The molecule has 0 spiro atoms. The van der Waals surface area contributed by atoms with Crippen LogP contribution in [-0.2, 0) is 9.53 Å². The predicted octanol–water partition coefficient (Wildman–Crippen LogP) is -4.26. The maximum absolute atomic E-state index is 12.1. The van der Waals surface area contributed by atoms with E-state index in [1.54, 1.807) is 12.3 Å². The van der Waals surface area contributed by atoms with Crippen LogP contribution in [0.2, 0.25) is 0 Å². The van der Waals surface area contributed by atoms with Crippen molar-refractivity contribution in [3.05, 3.63) is 24.0 Å². The Morgan fingerprint density at radius 3 is 2.41 bits per heavy atom. The molecule has 2 fully saturated rings. The molecule has 1 aromatic heterocycles. The van der Waals surface area contributed by atoms with Gasteiger partial charge in [-0.1, -0.05) is 0 Å². The first-order chi connectivity index (χ1) is 10.1. The van der Waals surface area contributed by atoms with E-state index in [1.165, 1.54) is 6.20 Å². The van der Waals surface area contributed by atoms with Gasteiger partial charge in [-0.05, 0) is 6.07 Å². The largest absolute Gasteiger partial charge is 1.00 e. The van der Waals surface area contributed by atoms with Gasteiger partial charge in [-0.15, -0.1) is 0 Å². The van der Waals surface area contributed by atoms with Gasteiger partial charge < -0.3 is 24.4 Å². The van der Waals surface area contributed by atoms with E-state index in [0.717, 1.165) is 5.69 Å². The molecule has 7 nitrogen and oxygen atoms in total. The molecule has 0 atom stereocenters. The van der Waals surface area contributed by atoms with E-state index >= 15 is 0 Å². The van der Waals surface area contributed by atoms with Crippen molar-refractivity contribution in [3.8, 4) is 0 Å². The van der Waals surface area contributed by atoms with Crippen LogP contribution in [0.4, 0.5) is 5.69 Å². The Balaban J connectivity index is 0.00000176. The quantitative estimate of drug-likeness (QED) is 0.525. The molecule has 2 saturated heterocycles. The number of hydrogen-bond donors (Lipinski definition) is 0. The molecule has 22 heavy (non-hydrogen) atoms. The van der Waals surface area contributed by atoms with Gasteiger partial charge in [0.2, 0.25) is 5.91 Å². The second kappa shape index (κ2) is 7.14. The number of amides is 1. The summed E-state index contributed by atoms with van der Waals surface area (Å²) in [7, 11) is 0. The number of carboxylic acids is 1. The summed E-state index contributed by atoms with van der Waals surface area (Å²) >= 11 is 0. The van der Waals surface area contributed by atoms with Crippen LogP contribution in [0.1, 0.15) is 10.4 Å². The summed E-state index contributed by atoms with van der Waals surface area (Å²) in [6, 6.07) is 1.56. The van der Waals surface area contributed by atoms with E-state index in [-0.39, 0.29) is 36.2 Å². The average molecular weight is 297 g/mol. The zero-order valence-electron chi connectivity index (χ0n) is 12.5. The molecule has 8 heteroatoms. The Morgan fingerprint density at radius 2 is 1.86 bits per heavy atom. The Hall–Kier alpha value is -1.55. The van der Waals surface area contributed by atoms with Crippen LogP contribution < -0.4 is 28.9 Å². The molecule has 112 valence electrons. The topological polar surface area (TPSA) is 85.8 Å². The molecular weight excluding hydrogens is 281 g/mol. The summed E-state index contributed by atoms with van der Waals surface area (Å²) in [6.07, 6.45) is 2.90. The minimum Gasteiger partial charge on any atom is -0.545 e. The first kappa shape index (κ1) is 16.8. The zero-order valence-corrected chi connectivity index (χ0v) is 12.5. The fraction of sp³-hybridized carbons (Fsp3) is 0.500. The number of carbonyl (C=O) groups is 2. The predicted molar refractivity (Wildman–Crippen MR) is 71.7 cm³/mol. The standard InChI is InChI=1S/C14H17N3O4.Li/c18-13(11-8-21-9-11)17-3-1-16(2-4-17)12-5-10(14(19)20)6-15-7-12;/h5-7,11H,1-4,8-9H2,(H,19,20);/q;+1/p-1. The smallest absolute Gasteiger partial charge is 0.545 e. The third-order valence-corrected chi connectivity index (χ3v) is 3.90. The number of rotatable bonds is 3. The summed E-state index contributed by atoms with van der Waals surface area (Å²) in [5.74, 6) is -1.06. The Morgan fingerprint density at radius 1 is 1.18 bits per heavy atom. The SMILES string of the molecule is O=C([O-])c1cncc(N2CCN(C(=O)C3COC3)CC2)c1.[Li+]. The first-order valence-corrected chi connectivity index (χ1v) is 6.93. The number of aromatic nitrogens is 1. The van der Waals surface area contributed by atoms with Gasteiger partial charge in [0.15, 0.2) is 0 Å². The molecule has 0 bridgehead atoms. The van der Waals surface area contributed by atoms with Crippen LogP contribution in [0.15, 0.2) is 18.5 Å². The summed E-state index contributed by atoms with van der Waals surface area (Å²) in [5, 5.41) is 10.9. The second-order valence-corrected chi connectivity index (χ2v) is 5.27. The maximum Gasteiger partial charge on any atom is 1.00 e. The van der Waals surface area contributed by atoms with Crippen molar-refractivity contribution in [1.29, 1.82) is 0 Å². The fourth-order valence-electron chi connectivity index (χ4n) is 2.53. The van der Waals surface area contributed by atoms with Crippen LogP contribution in [0, 0.1) is 5.92 Å². The monoisotopic (exact) mass is 297 g/mol.